The van der Waals surface area contributed by atoms with Crippen LogP contribution in [0.1, 0.15) is 32.9 Å². The molecule has 104 valence electrons. The van der Waals surface area contributed by atoms with Gasteiger partial charge < -0.3 is 9.30 Å². The van der Waals surface area contributed by atoms with Gasteiger partial charge in [0.1, 0.15) is 5.65 Å². The minimum absolute atomic E-state index is 0.489. The second-order valence-electron chi connectivity index (χ2n) is 5.53. The molecule has 0 saturated heterocycles. The fourth-order valence-corrected chi connectivity index (χ4v) is 3.01. The third kappa shape index (κ3) is 2.94. The fourth-order valence-electron chi connectivity index (χ4n) is 2.49. The number of halogens is 1. The predicted molar refractivity (Wildman–Crippen MR) is 85.1 cm³/mol. The summed E-state index contributed by atoms with van der Waals surface area (Å²) in [5.41, 5.74) is 2.23. The number of rotatable bonds is 5. The first-order valence-corrected chi connectivity index (χ1v) is 7.91. The molecule has 2 aromatic rings. The number of fused-ring (bicyclic) bond motifs is 1. The zero-order chi connectivity index (χ0) is 14.0. The van der Waals surface area contributed by atoms with Crippen molar-refractivity contribution >= 4 is 27.4 Å². The summed E-state index contributed by atoms with van der Waals surface area (Å²) < 4.78 is 2.16. The molecule has 2 rings (SSSR count). The molecular formula is C15H22BrN3. The highest BCUT2D eigenvalue weighted by Crippen LogP contribution is 2.26. The molecule has 1 atom stereocenters. The van der Waals surface area contributed by atoms with Gasteiger partial charge in [0, 0.05) is 24.6 Å². The van der Waals surface area contributed by atoms with Gasteiger partial charge >= 0.3 is 0 Å². The molecule has 0 amide bonds. The van der Waals surface area contributed by atoms with E-state index in [1.807, 2.05) is 12.1 Å². The number of pyridine rings is 1. The van der Waals surface area contributed by atoms with E-state index in [-0.39, 0.29) is 0 Å². The summed E-state index contributed by atoms with van der Waals surface area (Å²) in [6, 6.07) is 6.61. The summed E-state index contributed by atoms with van der Waals surface area (Å²) in [7, 11) is 2.14. The minimum atomic E-state index is 0.489. The summed E-state index contributed by atoms with van der Waals surface area (Å²) in [6.07, 6.45) is 3.25. The van der Waals surface area contributed by atoms with E-state index in [1.54, 1.807) is 0 Å². The first-order chi connectivity index (χ1) is 9.04. The summed E-state index contributed by atoms with van der Waals surface area (Å²) in [6.45, 7) is 6.79. The second-order valence-corrected chi connectivity index (χ2v) is 6.09. The van der Waals surface area contributed by atoms with Crippen molar-refractivity contribution < 1.29 is 0 Å². The van der Waals surface area contributed by atoms with Gasteiger partial charge in [-0.1, -0.05) is 35.8 Å². The van der Waals surface area contributed by atoms with E-state index in [1.165, 1.54) is 12.1 Å². The Kier molecular flexibility index (Phi) is 4.50. The zero-order valence-corrected chi connectivity index (χ0v) is 13.7. The van der Waals surface area contributed by atoms with E-state index in [0.717, 1.165) is 16.8 Å². The SMILES string of the molecule is CC(C)CC(C)N(C)c1nc2ccccn2c1CBr. The molecule has 4 heteroatoms. The maximum Gasteiger partial charge on any atom is 0.152 e. The Morgan fingerprint density at radius 3 is 2.68 bits per heavy atom. The van der Waals surface area contributed by atoms with Crippen LogP contribution >= 0.6 is 15.9 Å². The normalized spacial score (nSPS) is 13.2. The van der Waals surface area contributed by atoms with E-state index in [2.05, 4.69) is 65.3 Å². The molecule has 1 unspecified atom stereocenters. The monoisotopic (exact) mass is 323 g/mol. The van der Waals surface area contributed by atoms with Gasteiger partial charge in [0.25, 0.3) is 0 Å². The average molecular weight is 324 g/mol. The van der Waals surface area contributed by atoms with Crippen LogP contribution in [-0.2, 0) is 5.33 Å². The molecule has 0 aromatic carbocycles. The van der Waals surface area contributed by atoms with Crippen molar-refractivity contribution in [1.82, 2.24) is 9.38 Å². The standard InChI is InChI=1S/C15H22BrN3/c1-11(2)9-12(3)18(4)15-13(10-16)19-8-6-5-7-14(19)17-15/h5-8,11-12H,9-10H2,1-4H3. The van der Waals surface area contributed by atoms with Crippen molar-refractivity contribution in [2.24, 2.45) is 5.92 Å². The topological polar surface area (TPSA) is 20.5 Å². The van der Waals surface area contributed by atoms with Crippen molar-refractivity contribution in [1.29, 1.82) is 0 Å². The number of nitrogens with zero attached hydrogens (tertiary/aromatic N) is 3. The lowest BCUT2D eigenvalue weighted by molar-refractivity contribution is 0.502. The Morgan fingerprint density at radius 1 is 1.32 bits per heavy atom. The summed E-state index contributed by atoms with van der Waals surface area (Å²) in [4.78, 5) is 7.07. The minimum Gasteiger partial charge on any atom is -0.355 e. The molecule has 3 nitrogen and oxygen atoms in total. The first-order valence-electron chi connectivity index (χ1n) is 6.79. The smallest absolute Gasteiger partial charge is 0.152 e. The number of imidazole rings is 1. The van der Waals surface area contributed by atoms with Crippen molar-refractivity contribution in [3.63, 3.8) is 0 Å². The highest BCUT2D eigenvalue weighted by atomic mass is 79.9. The van der Waals surface area contributed by atoms with Crippen LogP contribution in [0.4, 0.5) is 5.82 Å². The summed E-state index contributed by atoms with van der Waals surface area (Å²) >= 11 is 3.59. The molecule has 0 aliphatic rings. The third-order valence-electron chi connectivity index (χ3n) is 3.54. The van der Waals surface area contributed by atoms with Gasteiger partial charge in [-0.25, -0.2) is 4.98 Å². The van der Waals surface area contributed by atoms with Gasteiger partial charge in [-0.15, -0.1) is 0 Å². The number of hydrogen-bond donors (Lipinski definition) is 0. The Bertz CT molecular complexity index is 547. The van der Waals surface area contributed by atoms with Crippen LogP contribution in [0, 0.1) is 5.92 Å². The van der Waals surface area contributed by atoms with Crippen molar-refractivity contribution in [2.75, 3.05) is 11.9 Å². The van der Waals surface area contributed by atoms with E-state index in [9.17, 15) is 0 Å². The van der Waals surface area contributed by atoms with Crippen LogP contribution in [0.2, 0.25) is 0 Å². The maximum absolute atomic E-state index is 4.77. The third-order valence-corrected chi connectivity index (χ3v) is 4.07. The van der Waals surface area contributed by atoms with Gasteiger partial charge in [0.2, 0.25) is 0 Å². The van der Waals surface area contributed by atoms with Gasteiger partial charge in [0.15, 0.2) is 5.82 Å². The molecule has 0 radical (unpaired) electrons. The zero-order valence-electron chi connectivity index (χ0n) is 12.1. The largest absolute Gasteiger partial charge is 0.355 e. The van der Waals surface area contributed by atoms with Gasteiger partial charge in [-0.2, -0.15) is 0 Å². The van der Waals surface area contributed by atoms with Crippen LogP contribution in [0.3, 0.4) is 0 Å². The maximum atomic E-state index is 4.77. The second kappa shape index (κ2) is 5.95. The Labute approximate surface area is 123 Å². The molecule has 0 N–H and O–H groups in total. The lowest BCUT2D eigenvalue weighted by Crippen LogP contribution is -2.31. The lowest BCUT2D eigenvalue weighted by atomic mass is 10.0. The number of hydrogen-bond acceptors (Lipinski definition) is 2. The number of alkyl halides is 1. The molecule has 0 bridgehead atoms. The van der Waals surface area contributed by atoms with Gasteiger partial charge in [-0.3, -0.25) is 0 Å². The van der Waals surface area contributed by atoms with E-state index >= 15 is 0 Å². The highest BCUT2D eigenvalue weighted by molar-refractivity contribution is 9.08. The van der Waals surface area contributed by atoms with Crippen molar-refractivity contribution in [2.45, 2.75) is 38.6 Å². The molecule has 0 fully saturated rings. The number of aromatic nitrogens is 2. The molecule has 0 aliphatic heterocycles. The van der Waals surface area contributed by atoms with E-state index < -0.39 is 0 Å². The summed E-state index contributed by atoms with van der Waals surface area (Å²) in [5.74, 6) is 1.78. The molecule has 0 aliphatic carbocycles. The Balaban J connectivity index is 2.38. The van der Waals surface area contributed by atoms with E-state index in [4.69, 9.17) is 4.98 Å². The molecule has 2 heterocycles. The Hall–Kier alpha value is -1.03. The van der Waals surface area contributed by atoms with Crippen LogP contribution in [0.15, 0.2) is 24.4 Å². The fraction of sp³-hybridized carbons (Fsp3) is 0.533. The molecule has 0 saturated carbocycles. The lowest BCUT2D eigenvalue weighted by Gasteiger charge is -2.27. The highest BCUT2D eigenvalue weighted by Gasteiger charge is 2.19. The first kappa shape index (κ1) is 14.4. The van der Waals surface area contributed by atoms with Crippen LogP contribution in [0.5, 0.6) is 0 Å². The molecule has 2 aromatic heterocycles. The molecular weight excluding hydrogens is 302 g/mol. The van der Waals surface area contributed by atoms with Crippen LogP contribution < -0.4 is 4.90 Å². The molecule has 19 heavy (non-hydrogen) atoms. The Morgan fingerprint density at radius 2 is 2.05 bits per heavy atom. The van der Waals surface area contributed by atoms with Crippen LogP contribution in [-0.4, -0.2) is 22.5 Å². The van der Waals surface area contributed by atoms with Gasteiger partial charge in [0.05, 0.1) is 5.69 Å². The predicted octanol–water partition coefficient (Wildman–Crippen LogP) is 4.10. The quantitative estimate of drug-likeness (QED) is 0.772. The van der Waals surface area contributed by atoms with Crippen molar-refractivity contribution in [3.8, 4) is 0 Å². The van der Waals surface area contributed by atoms with Crippen LogP contribution in [0.25, 0.3) is 5.65 Å². The average Bonchev–Trinajstić information content (AvgIpc) is 2.75. The summed E-state index contributed by atoms with van der Waals surface area (Å²) in [5, 5.41) is 0.812. The van der Waals surface area contributed by atoms with Gasteiger partial charge in [-0.05, 0) is 31.4 Å². The number of anilines is 1. The molecule has 0 spiro atoms. The van der Waals surface area contributed by atoms with Crippen molar-refractivity contribution in [3.05, 3.63) is 30.1 Å². The van der Waals surface area contributed by atoms with E-state index in [0.29, 0.717) is 12.0 Å².